The molecule has 0 aliphatic heterocycles. The molecule has 0 atom stereocenters. The van der Waals surface area contributed by atoms with Crippen LogP contribution in [0, 0.1) is 20.7 Å². The maximum absolute atomic E-state index is 13.9. The van der Waals surface area contributed by atoms with Crippen molar-refractivity contribution in [2.45, 2.75) is 0 Å². The predicted molar refractivity (Wildman–Crippen MR) is 81.4 cm³/mol. The second-order valence-electron chi connectivity index (χ2n) is 3.53. The molecule has 0 unspecified atom stereocenters. The average Bonchev–Trinajstić information content (AvgIpc) is 2.35. The first-order chi connectivity index (χ1) is 8.95. The highest BCUT2D eigenvalue weighted by atomic mass is 127. The van der Waals surface area contributed by atoms with Crippen LogP contribution >= 0.6 is 38.5 Å². The minimum absolute atomic E-state index is 0.0240. The third-order valence-corrected chi connectivity index (χ3v) is 4.02. The van der Waals surface area contributed by atoms with E-state index in [1.165, 1.54) is 6.07 Å². The molecular formula is C11H6BrFIN5. The molecule has 19 heavy (non-hydrogen) atoms. The zero-order valence-corrected chi connectivity index (χ0v) is 13.0. The number of rotatable bonds is 1. The number of nitrogen functional groups attached to an aromatic ring is 2. The highest BCUT2D eigenvalue weighted by molar-refractivity contribution is 14.1. The van der Waals surface area contributed by atoms with Crippen LogP contribution in [0.2, 0.25) is 0 Å². The van der Waals surface area contributed by atoms with Crippen molar-refractivity contribution < 1.29 is 4.39 Å². The zero-order chi connectivity index (χ0) is 14.2. The Balaban J connectivity index is 2.80. The minimum atomic E-state index is -0.433. The van der Waals surface area contributed by atoms with E-state index < -0.39 is 5.82 Å². The molecule has 5 nitrogen and oxygen atoms in total. The van der Waals surface area contributed by atoms with E-state index in [1.54, 1.807) is 6.07 Å². The van der Waals surface area contributed by atoms with E-state index in [0.29, 0.717) is 13.6 Å². The van der Waals surface area contributed by atoms with Gasteiger partial charge in [0.05, 0.1) is 13.7 Å². The Morgan fingerprint density at radius 3 is 2.63 bits per heavy atom. The van der Waals surface area contributed by atoms with Crippen molar-refractivity contribution >= 4 is 50.3 Å². The second kappa shape index (κ2) is 5.26. The van der Waals surface area contributed by atoms with Gasteiger partial charge < -0.3 is 11.5 Å². The Morgan fingerprint density at radius 1 is 1.32 bits per heavy atom. The largest absolute Gasteiger partial charge is 0.382 e. The molecule has 2 aromatic rings. The van der Waals surface area contributed by atoms with Crippen LogP contribution in [0.5, 0.6) is 0 Å². The summed E-state index contributed by atoms with van der Waals surface area (Å²) < 4.78 is 14.5. The zero-order valence-electron chi connectivity index (χ0n) is 9.28. The van der Waals surface area contributed by atoms with E-state index in [2.05, 4.69) is 25.9 Å². The summed E-state index contributed by atoms with van der Waals surface area (Å²) in [5, 5.41) is 9.11. The summed E-state index contributed by atoms with van der Waals surface area (Å²) in [5.41, 5.74) is 11.9. The highest BCUT2D eigenvalue weighted by Gasteiger charge is 2.18. The van der Waals surface area contributed by atoms with Crippen molar-refractivity contribution in [3.05, 3.63) is 31.6 Å². The molecule has 1 heterocycles. The van der Waals surface area contributed by atoms with Crippen LogP contribution in [0.4, 0.5) is 16.2 Å². The lowest BCUT2D eigenvalue weighted by Crippen LogP contribution is -2.06. The molecule has 0 bridgehead atoms. The predicted octanol–water partition coefficient (Wildman–Crippen LogP) is 2.69. The lowest BCUT2D eigenvalue weighted by molar-refractivity contribution is 0.614. The molecular weight excluding hydrogens is 428 g/mol. The maximum Gasteiger partial charge on any atom is 0.222 e. The van der Waals surface area contributed by atoms with E-state index >= 15 is 0 Å². The summed E-state index contributed by atoms with van der Waals surface area (Å²) in [7, 11) is 0. The number of nitrogens with two attached hydrogens (primary N) is 2. The average molecular weight is 434 g/mol. The number of nitrogens with zero attached hydrogens (tertiary/aromatic N) is 3. The van der Waals surface area contributed by atoms with E-state index in [-0.39, 0.29) is 23.0 Å². The second-order valence-corrected chi connectivity index (χ2v) is 5.46. The maximum atomic E-state index is 13.9. The summed E-state index contributed by atoms with van der Waals surface area (Å²) in [5.74, 6) is -0.521. The molecule has 0 fully saturated rings. The van der Waals surface area contributed by atoms with Crippen LogP contribution in [0.15, 0.2) is 16.6 Å². The molecule has 0 saturated heterocycles. The van der Waals surface area contributed by atoms with Crippen molar-refractivity contribution in [1.29, 1.82) is 5.26 Å². The Bertz CT molecular complexity index is 713. The number of halogens is 3. The number of nitriles is 1. The Morgan fingerprint density at radius 2 is 2.00 bits per heavy atom. The summed E-state index contributed by atoms with van der Waals surface area (Å²) in [6, 6.07) is 5.07. The minimum Gasteiger partial charge on any atom is -0.382 e. The van der Waals surface area contributed by atoms with Gasteiger partial charge in [-0.25, -0.2) is 9.37 Å². The topological polar surface area (TPSA) is 102 Å². The highest BCUT2D eigenvalue weighted by Crippen LogP contribution is 2.33. The molecule has 1 aromatic heterocycles. The number of aromatic nitrogens is 2. The summed E-state index contributed by atoms with van der Waals surface area (Å²) in [6.45, 7) is 0. The van der Waals surface area contributed by atoms with Gasteiger partial charge in [0.2, 0.25) is 5.95 Å². The molecule has 0 saturated carbocycles. The fourth-order valence-corrected chi connectivity index (χ4v) is 2.94. The number of benzene rings is 1. The standard InChI is InChI=1S/C11H6BrFIN5/c12-6-2-1-4(8(14)7(6)13)9-5(3-15)10(16)19-11(17)18-9/h1-2H,(H4,16,17,18,19). The summed E-state index contributed by atoms with van der Waals surface area (Å²) >= 11 is 4.92. The molecule has 2 rings (SSSR count). The van der Waals surface area contributed by atoms with Gasteiger partial charge >= 0.3 is 0 Å². The van der Waals surface area contributed by atoms with Crippen molar-refractivity contribution in [3.8, 4) is 17.3 Å². The smallest absolute Gasteiger partial charge is 0.222 e. The van der Waals surface area contributed by atoms with Crippen LogP contribution in [-0.2, 0) is 0 Å². The first-order valence-corrected chi connectivity index (χ1v) is 6.79. The number of hydrogen-bond acceptors (Lipinski definition) is 5. The molecule has 1 aromatic carbocycles. The van der Waals surface area contributed by atoms with Crippen molar-refractivity contribution in [2.24, 2.45) is 0 Å². The molecule has 96 valence electrons. The first kappa shape index (κ1) is 14.0. The molecule has 0 radical (unpaired) electrons. The van der Waals surface area contributed by atoms with Crippen LogP contribution in [-0.4, -0.2) is 9.97 Å². The van der Waals surface area contributed by atoms with Crippen molar-refractivity contribution in [3.63, 3.8) is 0 Å². The van der Waals surface area contributed by atoms with Gasteiger partial charge in [0.25, 0.3) is 0 Å². The Kier molecular flexibility index (Phi) is 3.86. The Labute approximate surface area is 130 Å². The van der Waals surface area contributed by atoms with Gasteiger partial charge in [-0.2, -0.15) is 10.2 Å². The van der Waals surface area contributed by atoms with Gasteiger partial charge in [0.1, 0.15) is 17.5 Å². The van der Waals surface area contributed by atoms with Gasteiger partial charge in [-0.3, -0.25) is 0 Å². The normalized spacial score (nSPS) is 10.2. The van der Waals surface area contributed by atoms with E-state index in [1.807, 2.05) is 28.7 Å². The Hall–Kier alpha value is -1.47. The van der Waals surface area contributed by atoms with Gasteiger partial charge in [0, 0.05) is 5.56 Å². The quantitative estimate of drug-likeness (QED) is 0.531. The molecule has 4 N–H and O–H groups in total. The molecule has 8 heteroatoms. The van der Waals surface area contributed by atoms with Crippen molar-refractivity contribution in [2.75, 3.05) is 11.5 Å². The van der Waals surface area contributed by atoms with Crippen LogP contribution in [0.25, 0.3) is 11.3 Å². The third kappa shape index (κ3) is 2.48. The number of hydrogen-bond donors (Lipinski definition) is 2. The van der Waals surface area contributed by atoms with E-state index in [4.69, 9.17) is 16.7 Å². The molecule has 0 aliphatic carbocycles. The first-order valence-electron chi connectivity index (χ1n) is 4.92. The SMILES string of the molecule is N#Cc1c(N)nc(N)nc1-c1ccc(Br)c(F)c1I. The van der Waals surface area contributed by atoms with Crippen LogP contribution in [0.3, 0.4) is 0 Å². The van der Waals surface area contributed by atoms with Gasteiger partial charge in [-0.05, 0) is 44.6 Å². The van der Waals surface area contributed by atoms with E-state index in [9.17, 15) is 4.39 Å². The summed E-state index contributed by atoms with van der Waals surface area (Å²) in [4.78, 5) is 7.70. The molecule has 0 spiro atoms. The summed E-state index contributed by atoms with van der Waals surface area (Å²) in [6.07, 6.45) is 0. The fourth-order valence-electron chi connectivity index (χ4n) is 1.51. The molecule has 0 aliphatic rings. The van der Waals surface area contributed by atoms with Gasteiger partial charge in [-0.15, -0.1) is 0 Å². The van der Waals surface area contributed by atoms with Gasteiger partial charge in [0.15, 0.2) is 5.82 Å². The monoisotopic (exact) mass is 433 g/mol. The van der Waals surface area contributed by atoms with Crippen LogP contribution < -0.4 is 11.5 Å². The third-order valence-electron chi connectivity index (χ3n) is 2.36. The lowest BCUT2D eigenvalue weighted by Gasteiger charge is -2.09. The van der Waals surface area contributed by atoms with Crippen molar-refractivity contribution in [1.82, 2.24) is 9.97 Å². The lowest BCUT2D eigenvalue weighted by atomic mass is 10.1. The fraction of sp³-hybridized carbons (Fsp3) is 0. The van der Waals surface area contributed by atoms with Gasteiger partial charge in [-0.1, -0.05) is 6.07 Å². The number of anilines is 2. The molecule has 0 amide bonds. The van der Waals surface area contributed by atoms with E-state index in [0.717, 1.165) is 0 Å². The van der Waals surface area contributed by atoms with Crippen LogP contribution in [0.1, 0.15) is 5.56 Å².